The number of rotatable bonds is 7. The van der Waals surface area contributed by atoms with Crippen LogP contribution in [-0.2, 0) is 11.4 Å². The van der Waals surface area contributed by atoms with E-state index in [2.05, 4.69) is 23.7 Å². The van der Waals surface area contributed by atoms with Crippen molar-refractivity contribution in [1.82, 2.24) is 5.48 Å². The molecule has 1 unspecified atom stereocenters. The molecule has 0 aliphatic heterocycles. The molecule has 7 nitrogen and oxygen atoms in total. The predicted molar refractivity (Wildman–Crippen MR) is 129 cm³/mol. The molecule has 0 saturated heterocycles. The lowest BCUT2D eigenvalue weighted by Crippen LogP contribution is -2.42. The maximum atomic E-state index is 11.6. The van der Waals surface area contributed by atoms with Crippen LogP contribution in [0, 0.1) is 22.2 Å². The van der Waals surface area contributed by atoms with Crippen molar-refractivity contribution in [2.75, 3.05) is 14.2 Å². The summed E-state index contributed by atoms with van der Waals surface area (Å²) in [5, 5.41) is 14.0. The normalized spacial score (nSPS) is 29.3. The van der Waals surface area contributed by atoms with E-state index < -0.39 is 0 Å². The van der Waals surface area contributed by atoms with E-state index >= 15 is 0 Å². The Morgan fingerprint density at radius 1 is 1.15 bits per heavy atom. The van der Waals surface area contributed by atoms with Gasteiger partial charge in [-0.15, -0.1) is 0 Å². The van der Waals surface area contributed by atoms with E-state index in [9.17, 15) is 10.0 Å². The third kappa shape index (κ3) is 3.72. The average molecular weight is 465 g/mol. The van der Waals surface area contributed by atoms with Crippen molar-refractivity contribution in [1.29, 1.82) is 0 Å². The van der Waals surface area contributed by atoms with E-state index in [4.69, 9.17) is 14.3 Å². The fourth-order valence-corrected chi connectivity index (χ4v) is 6.55. The van der Waals surface area contributed by atoms with E-state index in [1.807, 2.05) is 30.3 Å². The van der Waals surface area contributed by atoms with Crippen molar-refractivity contribution in [3.8, 4) is 17.2 Å². The number of methoxy groups -OCH3 is 2. The number of aromatic hydroxyl groups is 1. The number of hydrogen-bond donors (Lipinski definition) is 2. The first kappa shape index (κ1) is 22.7. The van der Waals surface area contributed by atoms with Gasteiger partial charge >= 0.3 is 0 Å². The van der Waals surface area contributed by atoms with E-state index in [1.165, 1.54) is 0 Å². The summed E-state index contributed by atoms with van der Waals surface area (Å²) in [7, 11) is 3.22. The SMILES string of the molecule is COc1cccc(CONC2=C[C@@H]3[C@H](CC[C@]4(C)C(N=O)CC[C@@H]34)c3cc(OC)c(O)cc32)c1. The molecule has 34 heavy (non-hydrogen) atoms. The third-order valence-corrected chi connectivity index (χ3v) is 8.36. The van der Waals surface area contributed by atoms with Gasteiger partial charge in [0.25, 0.3) is 0 Å². The Bertz CT molecular complexity index is 1120. The summed E-state index contributed by atoms with van der Waals surface area (Å²) in [6.07, 6.45) is 6.04. The third-order valence-electron chi connectivity index (χ3n) is 8.36. The van der Waals surface area contributed by atoms with Gasteiger partial charge in [0.1, 0.15) is 5.75 Å². The molecule has 0 radical (unpaired) electrons. The first-order chi connectivity index (χ1) is 16.5. The Hall–Kier alpha value is -3.06. The molecule has 0 bridgehead atoms. The molecule has 2 saturated carbocycles. The fourth-order valence-electron chi connectivity index (χ4n) is 6.55. The van der Waals surface area contributed by atoms with Crippen LogP contribution in [0.3, 0.4) is 0 Å². The van der Waals surface area contributed by atoms with Crippen molar-refractivity contribution in [2.24, 2.45) is 22.4 Å². The number of hydroxylamine groups is 1. The van der Waals surface area contributed by atoms with Gasteiger partial charge in [0.05, 0.1) is 32.6 Å². The van der Waals surface area contributed by atoms with Crippen molar-refractivity contribution in [3.63, 3.8) is 0 Å². The lowest BCUT2D eigenvalue weighted by molar-refractivity contribution is 0.0590. The van der Waals surface area contributed by atoms with Crippen LogP contribution >= 0.6 is 0 Å². The number of hydrogen-bond acceptors (Lipinski definition) is 7. The van der Waals surface area contributed by atoms with Crippen LogP contribution in [0.15, 0.2) is 47.7 Å². The van der Waals surface area contributed by atoms with Gasteiger partial charge in [0.15, 0.2) is 11.5 Å². The standard InChI is InChI=1S/C27H32N2O5/c1-27-10-9-18-19-14-25(33-3)24(30)13-21(19)23(12-20(18)22(27)7-8-26(27)28-31)29-34-15-16-5-4-6-17(11-16)32-2/h4-6,11-14,18,20,22,26,29-30H,7-10,15H2,1-3H3/t18-,20-,22+,26?,27+/m1/s1. The van der Waals surface area contributed by atoms with E-state index in [1.54, 1.807) is 20.3 Å². The second kappa shape index (κ2) is 8.95. The second-order valence-corrected chi connectivity index (χ2v) is 9.97. The lowest BCUT2D eigenvalue weighted by atomic mass is 9.56. The topological polar surface area (TPSA) is 89.4 Å². The van der Waals surface area contributed by atoms with Gasteiger partial charge < -0.3 is 14.6 Å². The summed E-state index contributed by atoms with van der Waals surface area (Å²) < 4.78 is 10.7. The van der Waals surface area contributed by atoms with Gasteiger partial charge in [0, 0.05) is 5.56 Å². The van der Waals surface area contributed by atoms with Gasteiger partial charge in [-0.25, -0.2) is 0 Å². The van der Waals surface area contributed by atoms with Crippen LogP contribution in [-0.4, -0.2) is 25.4 Å². The number of phenolic OH excluding ortho intramolecular Hbond substituents is 1. The summed E-state index contributed by atoms with van der Waals surface area (Å²) in [6, 6.07) is 11.4. The quantitative estimate of drug-likeness (QED) is 0.414. The van der Waals surface area contributed by atoms with Crippen molar-refractivity contribution >= 4 is 5.70 Å². The smallest absolute Gasteiger partial charge is 0.160 e. The van der Waals surface area contributed by atoms with Crippen LogP contribution in [0.5, 0.6) is 17.2 Å². The summed E-state index contributed by atoms with van der Waals surface area (Å²) in [6.45, 7) is 2.60. The molecule has 180 valence electrons. The zero-order chi connectivity index (χ0) is 23.9. The fraction of sp³-hybridized carbons (Fsp3) is 0.481. The molecule has 0 aromatic heterocycles. The van der Waals surface area contributed by atoms with Crippen molar-refractivity contribution in [3.05, 3.63) is 64.1 Å². The highest BCUT2D eigenvalue weighted by Gasteiger charge is 2.55. The molecule has 2 aromatic rings. The molecular formula is C27H32N2O5. The first-order valence-corrected chi connectivity index (χ1v) is 11.9. The minimum atomic E-state index is -0.122. The molecule has 7 heteroatoms. The van der Waals surface area contributed by atoms with Gasteiger partial charge in [-0.05, 0) is 84.2 Å². The zero-order valence-corrected chi connectivity index (χ0v) is 19.9. The number of benzene rings is 2. The number of nitroso groups, excluding NO2 is 1. The molecule has 0 amide bonds. The van der Waals surface area contributed by atoms with Crippen LogP contribution in [0.2, 0.25) is 0 Å². The van der Waals surface area contributed by atoms with Gasteiger partial charge in [0.2, 0.25) is 0 Å². The van der Waals surface area contributed by atoms with Gasteiger partial charge in [-0.3, -0.25) is 10.3 Å². The molecule has 5 atom stereocenters. The minimum Gasteiger partial charge on any atom is -0.504 e. The molecule has 2 aromatic carbocycles. The lowest BCUT2D eigenvalue weighted by Gasteiger charge is -2.48. The Kier molecular flexibility index (Phi) is 5.98. The molecule has 2 N–H and O–H groups in total. The molecule has 0 heterocycles. The molecule has 5 rings (SSSR count). The Labute approximate surface area is 200 Å². The number of nitrogens with zero attached hydrogens (tertiary/aromatic N) is 1. The van der Waals surface area contributed by atoms with E-state index in [0.29, 0.717) is 24.2 Å². The zero-order valence-electron chi connectivity index (χ0n) is 19.9. The van der Waals surface area contributed by atoms with E-state index in [0.717, 1.165) is 53.8 Å². The number of nitrogens with one attached hydrogen (secondary N) is 1. The number of ether oxygens (including phenoxy) is 2. The highest BCUT2D eigenvalue weighted by molar-refractivity contribution is 5.72. The molecular weight excluding hydrogens is 432 g/mol. The minimum absolute atomic E-state index is 0.0789. The summed E-state index contributed by atoms with van der Waals surface area (Å²) in [5.74, 6) is 2.29. The predicted octanol–water partition coefficient (Wildman–Crippen LogP) is 5.53. The Balaban J connectivity index is 1.46. The first-order valence-electron chi connectivity index (χ1n) is 11.9. The average Bonchev–Trinajstić information content (AvgIpc) is 3.20. The maximum absolute atomic E-state index is 11.6. The Morgan fingerprint density at radius 3 is 2.76 bits per heavy atom. The summed E-state index contributed by atoms with van der Waals surface area (Å²) >= 11 is 0. The van der Waals surface area contributed by atoms with E-state index in [-0.39, 0.29) is 23.1 Å². The Morgan fingerprint density at radius 2 is 2.00 bits per heavy atom. The summed E-state index contributed by atoms with van der Waals surface area (Å²) in [5.41, 5.74) is 6.99. The van der Waals surface area contributed by atoms with Crippen LogP contribution in [0.1, 0.15) is 55.2 Å². The molecule has 2 fully saturated rings. The van der Waals surface area contributed by atoms with Crippen LogP contribution in [0.4, 0.5) is 0 Å². The monoisotopic (exact) mass is 464 g/mol. The molecule has 3 aliphatic carbocycles. The molecule has 0 spiro atoms. The number of phenols is 1. The highest BCUT2D eigenvalue weighted by Crippen LogP contribution is 2.61. The largest absolute Gasteiger partial charge is 0.504 e. The van der Waals surface area contributed by atoms with Gasteiger partial charge in [-0.1, -0.05) is 30.3 Å². The number of fused-ring (bicyclic) bond motifs is 5. The van der Waals surface area contributed by atoms with Crippen molar-refractivity contribution in [2.45, 2.75) is 51.2 Å². The van der Waals surface area contributed by atoms with Crippen molar-refractivity contribution < 1.29 is 19.4 Å². The highest BCUT2D eigenvalue weighted by atomic mass is 16.6. The second-order valence-electron chi connectivity index (χ2n) is 9.97. The summed E-state index contributed by atoms with van der Waals surface area (Å²) in [4.78, 5) is 17.5. The molecule has 3 aliphatic rings. The number of allylic oxidation sites excluding steroid dienone is 1. The van der Waals surface area contributed by atoms with Crippen LogP contribution < -0.4 is 15.0 Å². The van der Waals surface area contributed by atoms with Gasteiger partial charge in [-0.2, -0.15) is 4.91 Å². The van der Waals surface area contributed by atoms with Crippen LogP contribution in [0.25, 0.3) is 5.70 Å². The maximum Gasteiger partial charge on any atom is 0.160 e.